The van der Waals surface area contributed by atoms with Gasteiger partial charge >= 0.3 is 12.8 Å². The molecule has 0 fully saturated rings. The molecule has 1 heterocycles. The predicted octanol–water partition coefficient (Wildman–Crippen LogP) is 2.01. The second-order valence-electron chi connectivity index (χ2n) is 3.44. The van der Waals surface area contributed by atoms with Gasteiger partial charge < -0.3 is 4.84 Å². The van der Waals surface area contributed by atoms with Crippen LogP contribution >= 0.6 is 0 Å². The van der Waals surface area contributed by atoms with Crippen LogP contribution in [0.4, 0.5) is 27.6 Å². The van der Waals surface area contributed by atoms with E-state index in [0.29, 0.717) is 6.07 Å². The highest BCUT2D eigenvalue weighted by molar-refractivity contribution is 5.81. The quantitative estimate of drug-likeness (QED) is 0.491. The van der Waals surface area contributed by atoms with Gasteiger partial charge in [0, 0.05) is 12.1 Å². The highest BCUT2D eigenvalue weighted by Gasteiger charge is 2.37. The van der Waals surface area contributed by atoms with Crippen LogP contribution in [0, 0.1) is 10.1 Å². The average Bonchev–Trinajstić information content (AvgIpc) is 2.69. The molecule has 2 rings (SSSR count). The molecule has 2 aromatic rings. The fourth-order valence-electron chi connectivity index (χ4n) is 1.46. The van der Waals surface area contributed by atoms with E-state index in [4.69, 9.17) is 0 Å². The number of nitro groups is 1. The molecule has 0 N–H and O–H groups in total. The number of benzene rings is 1. The van der Waals surface area contributed by atoms with Crippen molar-refractivity contribution in [2.45, 2.75) is 12.8 Å². The molecular weight excluding hydrogens is 295 g/mol. The Morgan fingerprint density at radius 3 is 2.50 bits per heavy atom. The first-order valence-corrected chi connectivity index (χ1v) is 4.76. The highest BCUT2D eigenvalue weighted by atomic mass is 19.4. The molecule has 0 amide bonds. The first kappa shape index (κ1) is 13.9. The molecule has 12 heteroatoms. The maximum atomic E-state index is 12.7. The number of aromatic nitrogens is 3. The van der Waals surface area contributed by atoms with E-state index in [1.807, 2.05) is 0 Å². The summed E-state index contributed by atoms with van der Waals surface area (Å²) in [5.41, 5.74) is -3.94. The van der Waals surface area contributed by atoms with Crippen LogP contribution in [0.3, 0.4) is 0 Å². The third-order valence-electron chi connectivity index (χ3n) is 2.20. The van der Waals surface area contributed by atoms with Crippen LogP contribution < -0.4 is 4.84 Å². The van der Waals surface area contributed by atoms with Crippen molar-refractivity contribution in [2.75, 3.05) is 0 Å². The van der Waals surface area contributed by atoms with Gasteiger partial charge in [0.1, 0.15) is 11.0 Å². The Morgan fingerprint density at radius 1 is 1.35 bits per heavy atom. The van der Waals surface area contributed by atoms with Crippen molar-refractivity contribution >= 4 is 16.7 Å². The van der Waals surface area contributed by atoms with Gasteiger partial charge in [-0.25, -0.2) is 0 Å². The molecule has 0 aliphatic heterocycles. The van der Waals surface area contributed by atoms with Gasteiger partial charge in [-0.2, -0.15) is 22.0 Å². The van der Waals surface area contributed by atoms with Gasteiger partial charge in [0.15, 0.2) is 0 Å². The smallest absolute Gasteiger partial charge is 0.325 e. The van der Waals surface area contributed by atoms with Gasteiger partial charge in [0.2, 0.25) is 0 Å². The minimum Gasteiger partial charge on any atom is -0.325 e. The summed E-state index contributed by atoms with van der Waals surface area (Å²) < 4.78 is 62.3. The molecule has 1 aromatic carbocycles. The lowest BCUT2D eigenvalue weighted by molar-refractivity contribution is -0.385. The minimum absolute atomic E-state index is 0.00222. The van der Waals surface area contributed by atoms with Crippen LogP contribution in [-0.2, 0) is 6.18 Å². The Hall–Kier alpha value is -2.53. The third-order valence-corrected chi connectivity index (χ3v) is 2.20. The minimum atomic E-state index is -4.96. The molecule has 0 unspecified atom stereocenters. The SMILES string of the molecule is O=[N+]([O-])c1cc(C(F)(F)F)c2nnn(OC(F)F)c2c1. The fourth-order valence-corrected chi connectivity index (χ4v) is 1.46. The zero-order valence-corrected chi connectivity index (χ0v) is 9.14. The average molecular weight is 298 g/mol. The van der Waals surface area contributed by atoms with Crippen LogP contribution in [0.1, 0.15) is 5.56 Å². The molecule has 0 radical (unpaired) electrons. The second-order valence-corrected chi connectivity index (χ2v) is 3.44. The normalized spacial score (nSPS) is 12.1. The Bertz CT molecular complexity index is 668. The van der Waals surface area contributed by atoms with Crippen LogP contribution in [0.15, 0.2) is 12.1 Å². The molecule has 0 aliphatic carbocycles. The van der Waals surface area contributed by atoms with E-state index in [9.17, 15) is 32.1 Å². The number of fused-ring (bicyclic) bond motifs is 1. The molecule has 20 heavy (non-hydrogen) atoms. The first-order chi connectivity index (χ1) is 9.20. The summed E-state index contributed by atoms with van der Waals surface area (Å²) in [4.78, 5) is 13.3. The summed E-state index contributed by atoms with van der Waals surface area (Å²) in [6.45, 7) is -3.38. The van der Waals surface area contributed by atoms with Crippen molar-refractivity contribution in [1.82, 2.24) is 15.2 Å². The van der Waals surface area contributed by atoms with Crippen molar-refractivity contribution in [1.29, 1.82) is 0 Å². The number of nitro benzene ring substituents is 1. The molecule has 0 aliphatic rings. The summed E-state index contributed by atoms with van der Waals surface area (Å²) in [5, 5.41) is 16.6. The van der Waals surface area contributed by atoms with Gasteiger partial charge in [-0.3, -0.25) is 10.1 Å². The molecule has 0 bridgehead atoms. The van der Waals surface area contributed by atoms with Gasteiger partial charge in [0.25, 0.3) is 5.69 Å². The topological polar surface area (TPSA) is 83.1 Å². The molecular formula is C8H3F5N4O3. The molecule has 7 nitrogen and oxygen atoms in total. The van der Waals surface area contributed by atoms with E-state index < -0.39 is 40.0 Å². The number of nitrogens with zero attached hydrogens (tertiary/aromatic N) is 4. The molecule has 0 saturated heterocycles. The van der Waals surface area contributed by atoms with Crippen LogP contribution in [0.5, 0.6) is 0 Å². The fraction of sp³-hybridized carbons (Fsp3) is 0.250. The number of hydrogen-bond donors (Lipinski definition) is 0. The van der Waals surface area contributed by atoms with Gasteiger partial charge in [-0.15, -0.1) is 5.10 Å². The zero-order chi connectivity index (χ0) is 15.1. The standard InChI is InChI=1S/C8H3F5N4O3/c9-7(10)20-16-5-2-3(17(18)19)1-4(8(11,12)13)6(5)14-15-16/h1-2,7H. The number of alkyl halides is 5. The van der Waals surface area contributed by atoms with Crippen molar-refractivity contribution in [2.24, 2.45) is 0 Å². The number of halogens is 5. The van der Waals surface area contributed by atoms with Crippen LogP contribution in [-0.4, -0.2) is 26.7 Å². The highest BCUT2D eigenvalue weighted by Crippen LogP contribution is 2.36. The summed E-state index contributed by atoms with van der Waals surface area (Å²) in [6, 6.07) is 0.844. The molecule has 0 saturated carbocycles. The largest absolute Gasteiger partial charge is 0.418 e. The van der Waals surface area contributed by atoms with E-state index >= 15 is 0 Å². The van der Waals surface area contributed by atoms with Gasteiger partial charge in [-0.1, -0.05) is 4.85 Å². The predicted molar refractivity (Wildman–Crippen MR) is 51.8 cm³/mol. The summed E-state index contributed by atoms with van der Waals surface area (Å²) in [5.74, 6) is 0. The van der Waals surface area contributed by atoms with Gasteiger partial charge in [-0.05, 0) is 5.21 Å². The van der Waals surface area contributed by atoms with Crippen molar-refractivity contribution in [3.8, 4) is 0 Å². The summed E-state index contributed by atoms with van der Waals surface area (Å²) >= 11 is 0. The number of non-ortho nitro benzene ring substituents is 1. The molecule has 0 atom stereocenters. The van der Waals surface area contributed by atoms with Crippen molar-refractivity contribution in [3.05, 3.63) is 27.8 Å². The second kappa shape index (κ2) is 4.54. The monoisotopic (exact) mass is 298 g/mol. The Kier molecular flexibility index (Phi) is 3.15. The molecule has 0 spiro atoms. The van der Waals surface area contributed by atoms with E-state index in [-0.39, 0.29) is 10.9 Å². The summed E-state index contributed by atoms with van der Waals surface area (Å²) in [7, 11) is 0. The Balaban J connectivity index is 2.73. The van der Waals surface area contributed by atoms with E-state index in [0.717, 1.165) is 0 Å². The van der Waals surface area contributed by atoms with E-state index in [2.05, 4.69) is 15.1 Å². The van der Waals surface area contributed by atoms with Gasteiger partial charge in [0.05, 0.1) is 10.5 Å². The molecule has 108 valence electrons. The molecule has 1 aromatic heterocycles. The van der Waals surface area contributed by atoms with Crippen LogP contribution in [0.2, 0.25) is 0 Å². The van der Waals surface area contributed by atoms with Crippen molar-refractivity contribution in [3.63, 3.8) is 0 Å². The van der Waals surface area contributed by atoms with Crippen molar-refractivity contribution < 1.29 is 31.7 Å². The Morgan fingerprint density at radius 2 is 2.00 bits per heavy atom. The maximum Gasteiger partial charge on any atom is 0.418 e. The lowest BCUT2D eigenvalue weighted by Crippen LogP contribution is -2.18. The number of rotatable bonds is 3. The zero-order valence-electron chi connectivity index (χ0n) is 9.14. The third kappa shape index (κ3) is 2.44. The Labute approximate surface area is 105 Å². The van der Waals surface area contributed by atoms with Crippen LogP contribution in [0.25, 0.3) is 11.0 Å². The van der Waals surface area contributed by atoms with E-state index in [1.165, 1.54) is 0 Å². The first-order valence-electron chi connectivity index (χ1n) is 4.76. The maximum absolute atomic E-state index is 12.7. The lowest BCUT2D eigenvalue weighted by Gasteiger charge is -2.07. The lowest BCUT2D eigenvalue weighted by atomic mass is 10.1. The number of hydrogen-bond acceptors (Lipinski definition) is 5. The van der Waals surface area contributed by atoms with E-state index in [1.54, 1.807) is 0 Å². The summed E-state index contributed by atoms with van der Waals surface area (Å²) in [6.07, 6.45) is -4.96.